The molecule has 6 heteroatoms. The fraction of sp³-hybridized carbons (Fsp3) is 0.0909. The molecule has 2 heterocycles. The van der Waals surface area contributed by atoms with E-state index in [2.05, 4.69) is 4.98 Å². The highest BCUT2D eigenvalue weighted by Gasteiger charge is 2.07. The molecule has 0 radical (unpaired) electrons. The minimum atomic E-state index is -0.0215. The van der Waals surface area contributed by atoms with E-state index in [9.17, 15) is 4.79 Å². The molecule has 0 saturated heterocycles. The van der Waals surface area contributed by atoms with Crippen molar-refractivity contribution in [3.8, 4) is 0 Å². The predicted octanol–water partition coefficient (Wildman–Crippen LogP) is 1.68. The van der Waals surface area contributed by atoms with Crippen LogP contribution in [0.5, 0.6) is 0 Å². The molecule has 86 valence electrons. The first-order valence-corrected chi connectivity index (χ1v) is 5.89. The topological polar surface area (TPSA) is 74.0 Å². The molecule has 3 aromatic rings. The molecule has 0 saturated carbocycles. The van der Waals surface area contributed by atoms with Crippen molar-refractivity contribution in [3.63, 3.8) is 0 Å². The summed E-state index contributed by atoms with van der Waals surface area (Å²) in [6.45, 7) is 0.344. The van der Waals surface area contributed by atoms with Crippen molar-refractivity contribution in [1.29, 1.82) is 0 Å². The number of nitrogens with zero attached hydrogens (tertiary/aromatic N) is 2. The highest BCUT2D eigenvalue weighted by Crippen LogP contribution is 2.18. The van der Waals surface area contributed by atoms with E-state index in [1.54, 1.807) is 34.3 Å². The molecule has 3 rings (SSSR count). The second-order valence-corrected chi connectivity index (χ2v) is 4.49. The molecule has 17 heavy (non-hydrogen) atoms. The molecule has 0 aliphatic carbocycles. The number of nitrogens with two attached hydrogens (primary N) is 1. The normalized spacial score (nSPS) is 11.1. The lowest BCUT2D eigenvalue weighted by Gasteiger charge is -1.94. The minimum absolute atomic E-state index is 0.0215. The van der Waals surface area contributed by atoms with Crippen LogP contribution in [0.3, 0.4) is 0 Å². The van der Waals surface area contributed by atoms with Gasteiger partial charge in [-0.25, -0.2) is 4.98 Å². The Morgan fingerprint density at radius 2 is 2.35 bits per heavy atom. The summed E-state index contributed by atoms with van der Waals surface area (Å²) < 4.78 is 7.09. The summed E-state index contributed by atoms with van der Waals surface area (Å²) in [4.78, 5) is 15.7. The van der Waals surface area contributed by atoms with E-state index in [0.717, 1.165) is 16.9 Å². The van der Waals surface area contributed by atoms with Crippen molar-refractivity contribution in [1.82, 2.24) is 9.55 Å². The first-order chi connectivity index (χ1) is 8.22. The fourth-order valence-electron chi connectivity index (χ4n) is 1.61. The maximum Gasteiger partial charge on any atom is 0.307 e. The zero-order valence-electron chi connectivity index (χ0n) is 8.79. The molecule has 0 aliphatic rings. The second kappa shape index (κ2) is 3.74. The van der Waals surface area contributed by atoms with Crippen molar-refractivity contribution in [2.24, 2.45) is 0 Å². The van der Waals surface area contributed by atoms with Gasteiger partial charge in [-0.05, 0) is 12.1 Å². The Balaban J connectivity index is 2.01. The SMILES string of the molecule is Nc1ccc2nc(Cn3ccsc3=O)oc2c1. The summed E-state index contributed by atoms with van der Waals surface area (Å²) in [6.07, 6.45) is 1.72. The Morgan fingerprint density at radius 1 is 1.47 bits per heavy atom. The highest BCUT2D eigenvalue weighted by atomic mass is 32.1. The van der Waals surface area contributed by atoms with Crippen LogP contribution in [0.4, 0.5) is 5.69 Å². The Morgan fingerprint density at radius 3 is 3.12 bits per heavy atom. The van der Waals surface area contributed by atoms with Crippen molar-refractivity contribution in [3.05, 3.63) is 45.3 Å². The number of fused-ring (bicyclic) bond motifs is 1. The Hall–Kier alpha value is -2.08. The number of hydrogen-bond acceptors (Lipinski definition) is 5. The van der Waals surface area contributed by atoms with Crippen molar-refractivity contribution in [2.45, 2.75) is 6.54 Å². The minimum Gasteiger partial charge on any atom is -0.439 e. The van der Waals surface area contributed by atoms with Gasteiger partial charge in [0.05, 0.1) is 0 Å². The smallest absolute Gasteiger partial charge is 0.307 e. The lowest BCUT2D eigenvalue weighted by Crippen LogP contribution is -2.12. The Bertz CT molecular complexity index is 725. The Labute approximate surface area is 100 Å². The monoisotopic (exact) mass is 247 g/mol. The van der Waals surface area contributed by atoms with E-state index in [1.807, 2.05) is 0 Å². The van der Waals surface area contributed by atoms with Crippen LogP contribution in [0.15, 0.2) is 39.0 Å². The van der Waals surface area contributed by atoms with E-state index in [4.69, 9.17) is 10.2 Å². The van der Waals surface area contributed by atoms with Gasteiger partial charge in [0.1, 0.15) is 12.1 Å². The molecule has 0 spiro atoms. The maximum atomic E-state index is 11.4. The van der Waals surface area contributed by atoms with Crippen molar-refractivity contribution in [2.75, 3.05) is 5.73 Å². The van der Waals surface area contributed by atoms with E-state index < -0.39 is 0 Å². The largest absolute Gasteiger partial charge is 0.439 e. The number of benzene rings is 1. The lowest BCUT2D eigenvalue weighted by atomic mass is 10.3. The zero-order valence-corrected chi connectivity index (χ0v) is 9.61. The van der Waals surface area contributed by atoms with Gasteiger partial charge in [-0.3, -0.25) is 9.36 Å². The third kappa shape index (κ3) is 1.83. The summed E-state index contributed by atoms with van der Waals surface area (Å²) in [7, 11) is 0. The molecular formula is C11H9N3O2S. The first kappa shape index (κ1) is 10.1. The van der Waals surface area contributed by atoms with Gasteiger partial charge in [0.25, 0.3) is 0 Å². The van der Waals surface area contributed by atoms with E-state index in [0.29, 0.717) is 23.7 Å². The van der Waals surface area contributed by atoms with Gasteiger partial charge < -0.3 is 10.2 Å². The van der Waals surface area contributed by atoms with Crippen LogP contribution in [0, 0.1) is 0 Å². The van der Waals surface area contributed by atoms with Crippen LogP contribution >= 0.6 is 11.3 Å². The molecule has 2 aromatic heterocycles. The van der Waals surface area contributed by atoms with Gasteiger partial charge in [-0.2, -0.15) is 0 Å². The van der Waals surface area contributed by atoms with E-state index in [-0.39, 0.29) is 4.87 Å². The van der Waals surface area contributed by atoms with E-state index in [1.165, 1.54) is 0 Å². The van der Waals surface area contributed by atoms with Gasteiger partial charge in [0.2, 0.25) is 5.89 Å². The molecule has 0 amide bonds. The quantitative estimate of drug-likeness (QED) is 0.699. The van der Waals surface area contributed by atoms with Gasteiger partial charge in [-0.15, -0.1) is 0 Å². The van der Waals surface area contributed by atoms with Crippen molar-refractivity contribution >= 4 is 28.1 Å². The zero-order chi connectivity index (χ0) is 11.8. The summed E-state index contributed by atoms with van der Waals surface area (Å²) in [6, 6.07) is 5.29. The number of rotatable bonds is 2. The molecule has 0 fully saturated rings. The molecule has 0 bridgehead atoms. The van der Waals surface area contributed by atoms with Crippen LogP contribution in [0.2, 0.25) is 0 Å². The summed E-state index contributed by atoms with van der Waals surface area (Å²) in [5.41, 5.74) is 7.67. The summed E-state index contributed by atoms with van der Waals surface area (Å²) >= 11 is 1.15. The number of nitrogen functional groups attached to an aromatic ring is 1. The number of aromatic nitrogens is 2. The lowest BCUT2D eigenvalue weighted by molar-refractivity contribution is 0.507. The molecule has 0 unspecified atom stereocenters. The summed E-state index contributed by atoms with van der Waals surface area (Å²) in [5.74, 6) is 0.506. The van der Waals surface area contributed by atoms with Crippen LogP contribution < -0.4 is 10.6 Å². The number of hydrogen-bond donors (Lipinski definition) is 1. The molecule has 2 N–H and O–H groups in total. The molecule has 1 aromatic carbocycles. The average molecular weight is 247 g/mol. The summed E-state index contributed by atoms with van der Waals surface area (Å²) in [5, 5.41) is 1.74. The maximum absolute atomic E-state index is 11.4. The first-order valence-electron chi connectivity index (χ1n) is 5.01. The predicted molar refractivity (Wildman–Crippen MR) is 66.1 cm³/mol. The second-order valence-electron chi connectivity index (χ2n) is 3.63. The average Bonchev–Trinajstić information content (AvgIpc) is 2.85. The van der Waals surface area contributed by atoms with Gasteiger partial charge in [0.15, 0.2) is 5.58 Å². The number of thiazole rings is 1. The fourth-order valence-corrected chi connectivity index (χ4v) is 2.20. The van der Waals surface area contributed by atoms with Crippen LogP contribution in [0.1, 0.15) is 5.89 Å². The van der Waals surface area contributed by atoms with Crippen LogP contribution in [-0.4, -0.2) is 9.55 Å². The Kier molecular flexibility index (Phi) is 2.22. The van der Waals surface area contributed by atoms with Gasteiger partial charge in [-0.1, -0.05) is 11.3 Å². The number of oxazole rings is 1. The standard InChI is InChI=1S/C11H9N3O2S/c12-7-1-2-8-9(5-7)16-10(13-8)6-14-3-4-17-11(14)15/h1-5H,6,12H2. The van der Waals surface area contributed by atoms with Gasteiger partial charge >= 0.3 is 4.87 Å². The highest BCUT2D eigenvalue weighted by molar-refractivity contribution is 7.07. The third-order valence-corrected chi connectivity index (χ3v) is 3.10. The van der Waals surface area contributed by atoms with E-state index >= 15 is 0 Å². The molecule has 5 nitrogen and oxygen atoms in total. The van der Waals surface area contributed by atoms with Gasteiger partial charge in [0, 0.05) is 23.3 Å². The van der Waals surface area contributed by atoms with Crippen LogP contribution in [-0.2, 0) is 6.54 Å². The third-order valence-electron chi connectivity index (χ3n) is 2.41. The molecule has 0 aliphatic heterocycles. The molecule has 0 atom stereocenters. The molecular weight excluding hydrogens is 238 g/mol. The number of anilines is 1. The van der Waals surface area contributed by atoms with Crippen molar-refractivity contribution < 1.29 is 4.42 Å². The van der Waals surface area contributed by atoms with Crippen LogP contribution in [0.25, 0.3) is 11.1 Å².